The summed E-state index contributed by atoms with van der Waals surface area (Å²) in [6.45, 7) is -14.2. The number of nitrogens with one attached hydrogen (secondary N) is 3. The Morgan fingerprint density at radius 3 is 2.72 bits per heavy atom. The van der Waals surface area contributed by atoms with E-state index < -0.39 is 38.4 Å². The smallest absolute Gasteiger partial charge is 0.255 e. The van der Waals surface area contributed by atoms with Crippen LogP contribution in [0.3, 0.4) is 0 Å². The van der Waals surface area contributed by atoms with Gasteiger partial charge in [0.2, 0.25) is 5.95 Å². The molecule has 4 aromatic rings. The topological polar surface area (TPSA) is 95.1 Å². The molecule has 1 aliphatic heterocycles. The Balaban J connectivity index is 1.35. The molecular formula is C28H29N7O. The second-order valence-electron chi connectivity index (χ2n) is 7.74. The molecule has 1 aliphatic rings. The number of hydrogen-bond acceptors (Lipinski definition) is 7. The average molecular weight is 490 g/mol. The van der Waals surface area contributed by atoms with Crippen LogP contribution in [0.4, 0.5) is 17.3 Å². The van der Waals surface area contributed by atoms with Crippen LogP contribution < -0.4 is 16.0 Å². The van der Waals surface area contributed by atoms with Crippen LogP contribution >= 0.6 is 0 Å². The van der Waals surface area contributed by atoms with Crippen molar-refractivity contribution < 1.29 is 18.5 Å². The maximum Gasteiger partial charge on any atom is 0.255 e. The Morgan fingerprint density at radius 2 is 1.94 bits per heavy atom. The maximum atomic E-state index is 13.1. The van der Waals surface area contributed by atoms with Gasteiger partial charge in [0, 0.05) is 87.3 Å². The van der Waals surface area contributed by atoms with Crippen LogP contribution in [0.2, 0.25) is 0 Å². The van der Waals surface area contributed by atoms with Crippen LogP contribution in [0.15, 0.2) is 79.3 Å². The molecule has 0 bridgehead atoms. The molecule has 0 atom stereocenters. The molecule has 0 spiro atoms. The van der Waals surface area contributed by atoms with Crippen molar-refractivity contribution in [3.63, 3.8) is 0 Å². The van der Waals surface area contributed by atoms with Gasteiger partial charge in [-0.25, -0.2) is 9.97 Å². The minimum absolute atomic E-state index is 0.0877. The first-order valence-corrected chi connectivity index (χ1v) is 11.0. The molecule has 36 heavy (non-hydrogen) atoms. The number of benzene rings is 2. The fourth-order valence-electron chi connectivity index (χ4n) is 3.36. The number of nitrogens with zero attached hydrogens (tertiary/aromatic N) is 4. The third-order valence-electron chi connectivity index (χ3n) is 5.20. The van der Waals surface area contributed by atoms with Crippen LogP contribution in [0, 0.1) is 6.92 Å². The standard InChI is InChI=1S/C28H29N7O/c1-20-4-9-24(17-26(20)34-28-31-12-10-25(33-28)23-3-2-11-30-18-23)32-27(36)22-7-5-21(6-8-22)19-35-15-13-29-14-16-35/h2-12,17-18,29H,13-16,19H2,1H3,(H,32,36)(H,31,33,34)/i13D2,14D2,15D2,16D2,19D2. The highest BCUT2D eigenvalue weighted by atomic mass is 16.1. The molecule has 2 aromatic heterocycles. The van der Waals surface area contributed by atoms with E-state index in [2.05, 4.69) is 25.6 Å². The quantitative estimate of drug-likeness (QED) is 0.357. The molecule has 3 heterocycles. The molecular weight excluding hydrogens is 450 g/mol. The number of amides is 1. The fourth-order valence-corrected chi connectivity index (χ4v) is 3.36. The second-order valence-corrected chi connectivity index (χ2v) is 7.74. The zero-order valence-corrected chi connectivity index (χ0v) is 19.2. The number of carbonyl (C=O) groups excluding carboxylic acids is 1. The van der Waals surface area contributed by atoms with E-state index >= 15 is 0 Å². The van der Waals surface area contributed by atoms with Crippen LogP contribution in [0.25, 0.3) is 11.3 Å². The molecule has 0 unspecified atom stereocenters. The average Bonchev–Trinajstić information content (AvgIpc) is 2.98. The number of rotatable bonds is 7. The van der Waals surface area contributed by atoms with Gasteiger partial charge in [-0.3, -0.25) is 14.7 Å². The first kappa shape index (κ1) is 14.4. The van der Waals surface area contributed by atoms with Gasteiger partial charge in [-0.2, -0.15) is 0 Å². The molecule has 1 saturated heterocycles. The predicted octanol–water partition coefficient (Wildman–Crippen LogP) is 4.25. The van der Waals surface area contributed by atoms with Crippen LogP contribution in [-0.4, -0.2) is 51.7 Å². The molecule has 5 rings (SSSR count). The van der Waals surface area contributed by atoms with Crippen molar-refractivity contribution in [1.29, 1.82) is 0 Å². The third-order valence-corrected chi connectivity index (χ3v) is 5.20. The van der Waals surface area contributed by atoms with Gasteiger partial charge in [-0.05, 0) is 60.5 Å². The van der Waals surface area contributed by atoms with E-state index in [-0.39, 0.29) is 16.0 Å². The Bertz CT molecular complexity index is 1730. The molecule has 8 nitrogen and oxygen atoms in total. The lowest BCUT2D eigenvalue weighted by atomic mass is 10.1. The maximum absolute atomic E-state index is 13.1. The summed E-state index contributed by atoms with van der Waals surface area (Å²) >= 11 is 0. The van der Waals surface area contributed by atoms with Gasteiger partial charge in [0.05, 0.1) is 5.69 Å². The van der Waals surface area contributed by atoms with Crippen molar-refractivity contribution in [2.75, 3.05) is 36.6 Å². The first-order chi connectivity index (χ1) is 21.4. The molecule has 3 N–H and O–H groups in total. The number of piperazine rings is 1. The summed E-state index contributed by atoms with van der Waals surface area (Å²) in [6.07, 6.45) is 4.97. The first-order valence-electron chi connectivity index (χ1n) is 16.0. The molecule has 0 aliphatic carbocycles. The van der Waals surface area contributed by atoms with Crippen molar-refractivity contribution in [2.45, 2.75) is 13.4 Å². The van der Waals surface area contributed by atoms with Crippen molar-refractivity contribution in [3.8, 4) is 11.3 Å². The van der Waals surface area contributed by atoms with Crippen molar-refractivity contribution in [1.82, 2.24) is 25.2 Å². The second kappa shape index (κ2) is 11.1. The summed E-state index contributed by atoms with van der Waals surface area (Å²) in [4.78, 5) is 26.0. The molecule has 8 heteroatoms. The highest BCUT2D eigenvalue weighted by molar-refractivity contribution is 6.04. The van der Waals surface area contributed by atoms with E-state index in [9.17, 15) is 4.79 Å². The van der Waals surface area contributed by atoms with E-state index in [1.807, 2.05) is 13.0 Å². The Morgan fingerprint density at radius 1 is 1.11 bits per heavy atom. The van der Waals surface area contributed by atoms with Crippen molar-refractivity contribution in [2.24, 2.45) is 0 Å². The predicted molar refractivity (Wildman–Crippen MR) is 142 cm³/mol. The Kier molecular flexibility index (Phi) is 4.44. The van der Waals surface area contributed by atoms with E-state index in [1.165, 1.54) is 12.1 Å². The zero-order chi connectivity index (χ0) is 33.7. The van der Waals surface area contributed by atoms with Gasteiger partial charge in [0.25, 0.3) is 5.91 Å². The summed E-state index contributed by atoms with van der Waals surface area (Å²) in [5.74, 6) is -0.227. The van der Waals surface area contributed by atoms with E-state index in [4.69, 9.17) is 13.7 Å². The molecule has 1 amide bonds. The number of hydrogen-bond donors (Lipinski definition) is 3. The molecule has 182 valence electrons. The molecule has 0 saturated carbocycles. The summed E-state index contributed by atoms with van der Waals surface area (Å²) in [5, 5.41) is 7.60. The zero-order valence-electron chi connectivity index (χ0n) is 29.2. The molecule has 0 radical (unpaired) electrons. The van der Waals surface area contributed by atoms with Crippen molar-refractivity contribution >= 4 is 23.2 Å². The summed E-state index contributed by atoms with van der Waals surface area (Å²) in [5.41, 5.74) is 3.16. The lowest BCUT2D eigenvalue weighted by Crippen LogP contribution is -2.42. The monoisotopic (exact) mass is 489 g/mol. The summed E-state index contributed by atoms with van der Waals surface area (Å²) < 4.78 is 82.1. The molecule has 2 aromatic carbocycles. The minimum Gasteiger partial charge on any atom is -0.324 e. The Labute approximate surface area is 224 Å². The van der Waals surface area contributed by atoms with Crippen molar-refractivity contribution in [3.05, 3.63) is 95.9 Å². The highest BCUT2D eigenvalue weighted by Crippen LogP contribution is 2.24. The normalized spacial score (nSPS) is 23.9. The van der Waals surface area contributed by atoms with Gasteiger partial charge in [0.15, 0.2) is 0 Å². The highest BCUT2D eigenvalue weighted by Gasteiger charge is 2.12. The number of anilines is 3. The minimum atomic E-state index is -3.33. The van der Waals surface area contributed by atoms with Gasteiger partial charge in [0.1, 0.15) is 0 Å². The van der Waals surface area contributed by atoms with Gasteiger partial charge >= 0.3 is 0 Å². The van der Waals surface area contributed by atoms with E-state index in [0.717, 1.165) is 23.3 Å². The molecule has 1 fully saturated rings. The SMILES string of the molecule is [2H]C([2H])(c1ccc(C(=O)Nc2ccc(C)c(Nc3nccc(-c4cccnc4)n3)c2)cc1)N1C([2H])([2H])C([2H])([2H])NC([2H])([2H])C1([2H])[2H]. The summed E-state index contributed by atoms with van der Waals surface area (Å²) in [7, 11) is 0. The largest absolute Gasteiger partial charge is 0.324 e. The van der Waals surface area contributed by atoms with Gasteiger partial charge in [-0.15, -0.1) is 0 Å². The van der Waals surface area contributed by atoms with E-state index in [0.29, 0.717) is 23.0 Å². The summed E-state index contributed by atoms with van der Waals surface area (Å²) in [6, 6.07) is 15.4. The third kappa shape index (κ3) is 5.91. The number of pyridine rings is 1. The number of aryl methyl sites for hydroxylation is 1. The number of carbonyl (C=O) groups is 1. The van der Waals surface area contributed by atoms with Crippen LogP contribution in [0.1, 0.15) is 35.2 Å². The Hall–Kier alpha value is -4.14. The number of aromatic nitrogens is 3. The van der Waals surface area contributed by atoms with Crippen LogP contribution in [-0.2, 0) is 6.50 Å². The fraction of sp³-hybridized carbons (Fsp3) is 0.214. The van der Waals surface area contributed by atoms with E-state index in [1.54, 1.807) is 54.2 Å². The van der Waals surface area contributed by atoms with Gasteiger partial charge in [-0.1, -0.05) is 18.2 Å². The van der Waals surface area contributed by atoms with Crippen LogP contribution in [0.5, 0.6) is 0 Å². The van der Waals surface area contributed by atoms with Gasteiger partial charge < -0.3 is 16.0 Å². The lowest BCUT2D eigenvalue weighted by molar-refractivity contribution is 0.102. The lowest BCUT2D eigenvalue weighted by Gasteiger charge is -2.27.